The van der Waals surface area contributed by atoms with Crippen LogP contribution in [0.15, 0.2) is 42.5 Å². The van der Waals surface area contributed by atoms with Crippen molar-refractivity contribution in [2.24, 2.45) is 0 Å². The molecule has 0 aliphatic heterocycles. The highest BCUT2D eigenvalue weighted by molar-refractivity contribution is 6.30. The Bertz CT molecular complexity index is 592. The van der Waals surface area contributed by atoms with E-state index in [4.69, 9.17) is 11.6 Å². The van der Waals surface area contributed by atoms with Crippen LogP contribution in [0.2, 0.25) is 5.02 Å². The van der Waals surface area contributed by atoms with Crippen LogP contribution in [0.5, 0.6) is 0 Å². The van der Waals surface area contributed by atoms with Crippen molar-refractivity contribution in [1.29, 1.82) is 0 Å². The largest absolute Gasteiger partial charge is 0.310 e. The second-order valence-corrected chi connectivity index (χ2v) is 6.07. The molecule has 0 saturated carbocycles. The van der Waals surface area contributed by atoms with Gasteiger partial charge >= 0.3 is 0 Å². The summed E-state index contributed by atoms with van der Waals surface area (Å²) in [5.41, 5.74) is 5.36. The summed E-state index contributed by atoms with van der Waals surface area (Å²) in [4.78, 5) is 0. The molecule has 2 aromatic rings. The van der Waals surface area contributed by atoms with Gasteiger partial charge in [0.05, 0.1) is 0 Å². The molecule has 0 spiro atoms. The smallest absolute Gasteiger partial charge is 0.0408 e. The molecule has 0 aromatic heterocycles. The molecule has 0 radical (unpaired) electrons. The zero-order chi connectivity index (χ0) is 15.2. The van der Waals surface area contributed by atoms with Crippen LogP contribution in [0.1, 0.15) is 41.6 Å². The van der Waals surface area contributed by atoms with Gasteiger partial charge in [0, 0.05) is 11.1 Å². The summed E-state index contributed by atoms with van der Waals surface area (Å²) in [7, 11) is 0. The molecule has 0 bridgehead atoms. The SMILES string of the molecule is CCCNC(Cc1ccccc1C)c1ccc(Cl)cc1C. The third kappa shape index (κ3) is 4.33. The molecule has 2 aromatic carbocycles. The van der Waals surface area contributed by atoms with E-state index in [9.17, 15) is 0 Å². The number of rotatable bonds is 6. The van der Waals surface area contributed by atoms with Crippen LogP contribution in [0.4, 0.5) is 0 Å². The number of benzene rings is 2. The van der Waals surface area contributed by atoms with E-state index in [0.717, 1.165) is 24.4 Å². The van der Waals surface area contributed by atoms with E-state index in [1.54, 1.807) is 0 Å². The summed E-state index contributed by atoms with van der Waals surface area (Å²) in [6.07, 6.45) is 2.14. The fraction of sp³-hybridized carbons (Fsp3) is 0.368. The zero-order valence-corrected chi connectivity index (χ0v) is 13.9. The maximum Gasteiger partial charge on any atom is 0.0408 e. The minimum atomic E-state index is 0.336. The van der Waals surface area contributed by atoms with Gasteiger partial charge in [0.1, 0.15) is 0 Å². The number of halogens is 1. The van der Waals surface area contributed by atoms with E-state index in [0.29, 0.717) is 6.04 Å². The third-order valence-electron chi connectivity index (χ3n) is 3.93. The zero-order valence-electron chi connectivity index (χ0n) is 13.1. The minimum absolute atomic E-state index is 0.336. The highest BCUT2D eigenvalue weighted by Crippen LogP contribution is 2.25. The van der Waals surface area contributed by atoms with Crippen LogP contribution in [0.3, 0.4) is 0 Å². The molecule has 0 heterocycles. The molecule has 1 atom stereocenters. The molecule has 0 fully saturated rings. The maximum atomic E-state index is 6.09. The van der Waals surface area contributed by atoms with Crippen molar-refractivity contribution in [1.82, 2.24) is 5.32 Å². The molecular weight excluding hydrogens is 278 g/mol. The lowest BCUT2D eigenvalue weighted by atomic mass is 9.93. The van der Waals surface area contributed by atoms with Crippen molar-refractivity contribution in [2.45, 2.75) is 39.7 Å². The molecule has 21 heavy (non-hydrogen) atoms. The van der Waals surface area contributed by atoms with Crippen molar-refractivity contribution in [3.63, 3.8) is 0 Å². The Labute approximate surface area is 133 Å². The predicted molar refractivity (Wildman–Crippen MR) is 92.1 cm³/mol. The fourth-order valence-electron chi connectivity index (χ4n) is 2.70. The lowest BCUT2D eigenvalue weighted by Crippen LogP contribution is -2.25. The lowest BCUT2D eigenvalue weighted by Gasteiger charge is -2.22. The standard InChI is InChI=1S/C19H24ClN/c1-4-11-21-19(13-16-8-6-5-7-14(16)2)18-10-9-17(20)12-15(18)3/h5-10,12,19,21H,4,11,13H2,1-3H3. The third-order valence-corrected chi connectivity index (χ3v) is 4.17. The second-order valence-electron chi connectivity index (χ2n) is 5.64. The van der Waals surface area contributed by atoms with Gasteiger partial charge < -0.3 is 5.32 Å². The molecule has 0 saturated heterocycles. The maximum absolute atomic E-state index is 6.09. The normalized spacial score (nSPS) is 12.4. The molecular formula is C19H24ClN. The van der Waals surface area contributed by atoms with Gasteiger partial charge in [-0.05, 0) is 67.6 Å². The summed E-state index contributed by atoms with van der Waals surface area (Å²) >= 11 is 6.09. The van der Waals surface area contributed by atoms with Crippen LogP contribution in [-0.2, 0) is 6.42 Å². The van der Waals surface area contributed by atoms with Gasteiger partial charge in [-0.3, -0.25) is 0 Å². The average molecular weight is 302 g/mol. The second kappa shape index (κ2) is 7.63. The molecule has 0 amide bonds. The van der Waals surface area contributed by atoms with Gasteiger partial charge in [0.2, 0.25) is 0 Å². The van der Waals surface area contributed by atoms with E-state index in [1.807, 2.05) is 6.07 Å². The Morgan fingerprint density at radius 1 is 1.05 bits per heavy atom. The molecule has 1 nitrogen and oxygen atoms in total. The van der Waals surface area contributed by atoms with E-state index in [1.165, 1.54) is 22.3 Å². The van der Waals surface area contributed by atoms with Crippen LogP contribution >= 0.6 is 11.6 Å². The van der Waals surface area contributed by atoms with Crippen LogP contribution in [0.25, 0.3) is 0 Å². The minimum Gasteiger partial charge on any atom is -0.310 e. The van der Waals surface area contributed by atoms with E-state index in [2.05, 4.69) is 62.5 Å². The van der Waals surface area contributed by atoms with Crippen molar-refractivity contribution in [3.05, 3.63) is 69.7 Å². The van der Waals surface area contributed by atoms with Gasteiger partial charge in [-0.15, -0.1) is 0 Å². The molecule has 2 heteroatoms. The summed E-state index contributed by atoms with van der Waals surface area (Å²) < 4.78 is 0. The molecule has 0 aliphatic rings. The van der Waals surface area contributed by atoms with Gasteiger partial charge in [0.25, 0.3) is 0 Å². The molecule has 1 N–H and O–H groups in total. The Hall–Kier alpha value is -1.31. The summed E-state index contributed by atoms with van der Waals surface area (Å²) in [6.45, 7) is 7.55. The van der Waals surface area contributed by atoms with Crippen molar-refractivity contribution >= 4 is 11.6 Å². The molecule has 2 rings (SSSR count). The summed E-state index contributed by atoms with van der Waals surface area (Å²) in [6, 6.07) is 15.2. The Morgan fingerprint density at radius 2 is 1.81 bits per heavy atom. The summed E-state index contributed by atoms with van der Waals surface area (Å²) in [5.74, 6) is 0. The first kappa shape index (κ1) is 16.1. The first-order valence-corrected chi connectivity index (χ1v) is 8.03. The van der Waals surface area contributed by atoms with Crippen LogP contribution < -0.4 is 5.32 Å². The van der Waals surface area contributed by atoms with Gasteiger partial charge in [-0.2, -0.15) is 0 Å². The van der Waals surface area contributed by atoms with Crippen molar-refractivity contribution < 1.29 is 0 Å². The monoisotopic (exact) mass is 301 g/mol. The Balaban J connectivity index is 2.27. The van der Waals surface area contributed by atoms with Gasteiger partial charge in [-0.25, -0.2) is 0 Å². The fourth-order valence-corrected chi connectivity index (χ4v) is 2.93. The Kier molecular flexibility index (Phi) is 5.84. The van der Waals surface area contributed by atoms with Gasteiger partial charge in [-0.1, -0.05) is 48.9 Å². The lowest BCUT2D eigenvalue weighted by molar-refractivity contribution is 0.526. The highest BCUT2D eigenvalue weighted by atomic mass is 35.5. The highest BCUT2D eigenvalue weighted by Gasteiger charge is 2.15. The van der Waals surface area contributed by atoms with E-state index >= 15 is 0 Å². The molecule has 0 aliphatic carbocycles. The number of hydrogen-bond donors (Lipinski definition) is 1. The van der Waals surface area contributed by atoms with Crippen LogP contribution in [-0.4, -0.2) is 6.54 Å². The Morgan fingerprint density at radius 3 is 2.48 bits per heavy atom. The molecule has 112 valence electrons. The quantitative estimate of drug-likeness (QED) is 0.769. The first-order chi connectivity index (χ1) is 10.1. The molecule has 1 unspecified atom stereocenters. The van der Waals surface area contributed by atoms with E-state index in [-0.39, 0.29) is 0 Å². The topological polar surface area (TPSA) is 12.0 Å². The number of nitrogens with one attached hydrogen (secondary N) is 1. The van der Waals surface area contributed by atoms with Crippen molar-refractivity contribution in [2.75, 3.05) is 6.54 Å². The van der Waals surface area contributed by atoms with Gasteiger partial charge in [0.15, 0.2) is 0 Å². The van der Waals surface area contributed by atoms with Crippen molar-refractivity contribution in [3.8, 4) is 0 Å². The number of aryl methyl sites for hydroxylation is 2. The first-order valence-electron chi connectivity index (χ1n) is 7.65. The number of hydrogen-bond acceptors (Lipinski definition) is 1. The summed E-state index contributed by atoms with van der Waals surface area (Å²) in [5, 5.41) is 4.49. The van der Waals surface area contributed by atoms with E-state index < -0.39 is 0 Å². The van der Waals surface area contributed by atoms with Crippen LogP contribution in [0, 0.1) is 13.8 Å². The predicted octanol–water partition coefficient (Wildman–Crippen LogP) is 5.24. The average Bonchev–Trinajstić information content (AvgIpc) is 2.46.